The Hall–Kier alpha value is -0.920. The summed E-state index contributed by atoms with van der Waals surface area (Å²) >= 11 is 0. The maximum Gasteiger partial charge on any atom is 0.163 e. The van der Waals surface area contributed by atoms with Crippen molar-refractivity contribution in [3.63, 3.8) is 0 Å². The van der Waals surface area contributed by atoms with Gasteiger partial charge in [0.15, 0.2) is 5.78 Å². The van der Waals surface area contributed by atoms with E-state index in [0.717, 1.165) is 5.57 Å². The molecule has 0 bridgehead atoms. The van der Waals surface area contributed by atoms with E-state index in [2.05, 4.69) is 4.99 Å². The Morgan fingerprint density at radius 1 is 1.33 bits per heavy atom. The largest absolute Gasteiger partial charge is 0.297 e. The van der Waals surface area contributed by atoms with Crippen LogP contribution >= 0.6 is 0 Å². The van der Waals surface area contributed by atoms with Crippen molar-refractivity contribution in [2.45, 2.75) is 27.7 Å². The zero-order chi connectivity index (χ0) is 9.78. The summed E-state index contributed by atoms with van der Waals surface area (Å²) in [6.07, 6.45) is 3.38. The SMILES string of the molecule is CN=C/C=C(\C)C(=O)C(C)(C)C. The molecule has 0 radical (unpaired) electrons. The number of hydrogen-bond donors (Lipinski definition) is 0. The van der Waals surface area contributed by atoms with Crippen molar-refractivity contribution < 1.29 is 4.79 Å². The van der Waals surface area contributed by atoms with Gasteiger partial charge in [-0.15, -0.1) is 0 Å². The lowest BCUT2D eigenvalue weighted by molar-refractivity contribution is -0.122. The lowest BCUT2D eigenvalue weighted by Crippen LogP contribution is -2.20. The number of carbonyl (C=O) groups excluding carboxylic acids is 1. The molecule has 12 heavy (non-hydrogen) atoms. The van der Waals surface area contributed by atoms with Gasteiger partial charge in [-0.05, 0) is 18.6 Å². The minimum absolute atomic E-state index is 0.169. The van der Waals surface area contributed by atoms with Gasteiger partial charge >= 0.3 is 0 Å². The lowest BCUT2D eigenvalue weighted by atomic mass is 9.87. The van der Waals surface area contributed by atoms with E-state index in [-0.39, 0.29) is 11.2 Å². The molecule has 2 heteroatoms. The van der Waals surface area contributed by atoms with Crippen LogP contribution in [0.4, 0.5) is 0 Å². The van der Waals surface area contributed by atoms with E-state index in [4.69, 9.17) is 0 Å². The molecule has 0 saturated heterocycles. The van der Waals surface area contributed by atoms with E-state index in [1.54, 1.807) is 19.3 Å². The fraction of sp³-hybridized carbons (Fsp3) is 0.600. The molecule has 0 rings (SSSR count). The predicted molar refractivity (Wildman–Crippen MR) is 52.6 cm³/mol. The van der Waals surface area contributed by atoms with E-state index in [1.807, 2.05) is 27.7 Å². The highest BCUT2D eigenvalue weighted by atomic mass is 16.1. The summed E-state index contributed by atoms with van der Waals surface area (Å²) in [5.74, 6) is 0.169. The molecule has 0 spiro atoms. The third-order valence-corrected chi connectivity index (χ3v) is 1.51. The summed E-state index contributed by atoms with van der Waals surface area (Å²) in [5.41, 5.74) is 0.468. The fourth-order valence-electron chi connectivity index (χ4n) is 0.854. The highest BCUT2D eigenvalue weighted by Crippen LogP contribution is 2.18. The van der Waals surface area contributed by atoms with Crippen LogP contribution in [0, 0.1) is 5.41 Å². The highest BCUT2D eigenvalue weighted by molar-refractivity contribution is 6.01. The first-order valence-corrected chi connectivity index (χ1v) is 4.03. The van der Waals surface area contributed by atoms with E-state index in [0.29, 0.717) is 0 Å². The maximum atomic E-state index is 11.5. The minimum atomic E-state index is -0.290. The topological polar surface area (TPSA) is 29.4 Å². The Morgan fingerprint density at radius 2 is 1.83 bits per heavy atom. The summed E-state index contributed by atoms with van der Waals surface area (Å²) < 4.78 is 0. The molecule has 0 aliphatic rings. The first-order valence-electron chi connectivity index (χ1n) is 4.03. The quantitative estimate of drug-likeness (QED) is 0.458. The van der Waals surface area contributed by atoms with Crippen LogP contribution in [0.5, 0.6) is 0 Å². The number of hydrogen-bond acceptors (Lipinski definition) is 2. The molecular weight excluding hydrogens is 150 g/mol. The number of carbonyl (C=O) groups is 1. The van der Waals surface area contributed by atoms with Crippen LogP contribution in [-0.2, 0) is 4.79 Å². The molecule has 0 aliphatic heterocycles. The van der Waals surface area contributed by atoms with Crippen LogP contribution in [0.25, 0.3) is 0 Å². The first kappa shape index (κ1) is 11.1. The molecule has 68 valence electrons. The van der Waals surface area contributed by atoms with Crippen LogP contribution in [0.1, 0.15) is 27.7 Å². The molecule has 0 amide bonds. The Kier molecular flexibility index (Phi) is 3.87. The third-order valence-electron chi connectivity index (χ3n) is 1.51. The van der Waals surface area contributed by atoms with Gasteiger partial charge in [-0.3, -0.25) is 9.79 Å². The monoisotopic (exact) mass is 167 g/mol. The van der Waals surface area contributed by atoms with Crippen LogP contribution in [-0.4, -0.2) is 19.0 Å². The van der Waals surface area contributed by atoms with Crippen molar-refractivity contribution in [1.29, 1.82) is 0 Å². The second-order valence-electron chi connectivity index (χ2n) is 3.84. The average molecular weight is 167 g/mol. The van der Waals surface area contributed by atoms with E-state index >= 15 is 0 Å². The Balaban J connectivity index is 4.51. The van der Waals surface area contributed by atoms with Crippen molar-refractivity contribution in [3.05, 3.63) is 11.6 Å². The molecule has 0 saturated carbocycles. The van der Waals surface area contributed by atoms with Crippen molar-refractivity contribution in [2.75, 3.05) is 7.05 Å². The standard InChI is InChI=1S/C10H17NO/c1-8(6-7-11-5)9(12)10(2,3)4/h6-7H,1-5H3/b8-6+,11-7?. The van der Waals surface area contributed by atoms with Crippen LogP contribution < -0.4 is 0 Å². The number of ketones is 1. The molecular formula is C10H17NO. The van der Waals surface area contributed by atoms with Gasteiger partial charge in [-0.2, -0.15) is 0 Å². The van der Waals surface area contributed by atoms with Crippen LogP contribution in [0.2, 0.25) is 0 Å². The van der Waals surface area contributed by atoms with Gasteiger partial charge < -0.3 is 0 Å². The molecule has 0 N–H and O–H groups in total. The second kappa shape index (κ2) is 4.19. The molecule has 0 aromatic rings. The molecule has 0 heterocycles. The van der Waals surface area contributed by atoms with E-state index < -0.39 is 0 Å². The first-order chi connectivity index (χ1) is 5.39. The van der Waals surface area contributed by atoms with Crippen LogP contribution in [0.3, 0.4) is 0 Å². The summed E-state index contributed by atoms with van der Waals surface area (Å²) in [6.45, 7) is 7.55. The number of aliphatic imine (C=N–C) groups is 1. The molecule has 0 aromatic heterocycles. The molecule has 2 nitrogen and oxygen atoms in total. The summed E-state index contributed by atoms with van der Waals surface area (Å²) in [4.78, 5) is 15.3. The second-order valence-corrected chi connectivity index (χ2v) is 3.84. The number of Topliss-reactive ketones (excluding diaryl/α,β-unsaturated/α-hetero) is 1. The van der Waals surface area contributed by atoms with Gasteiger partial charge in [0.2, 0.25) is 0 Å². The predicted octanol–water partition coefficient (Wildman–Crippen LogP) is 2.25. The van der Waals surface area contributed by atoms with Gasteiger partial charge in [0.1, 0.15) is 0 Å². The van der Waals surface area contributed by atoms with Crippen LogP contribution in [0.15, 0.2) is 16.6 Å². The van der Waals surface area contributed by atoms with Gasteiger partial charge in [-0.1, -0.05) is 20.8 Å². The third kappa shape index (κ3) is 3.46. The maximum absolute atomic E-state index is 11.5. The fourth-order valence-corrected chi connectivity index (χ4v) is 0.854. The van der Waals surface area contributed by atoms with E-state index in [9.17, 15) is 4.79 Å². The zero-order valence-corrected chi connectivity index (χ0v) is 8.51. The Labute approximate surface area is 74.4 Å². The summed E-state index contributed by atoms with van der Waals surface area (Å²) in [6, 6.07) is 0. The van der Waals surface area contributed by atoms with Gasteiger partial charge in [0, 0.05) is 18.7 Å². The number of allylic oxidation sites excluding steroid dienone is 2. The molecule has 0 aliphatic carbocycles. The Bertz CT molecular complexity index is 218. The minimum Gasteiger partial charge on any atom is -0.297 e. The molecule has 0 fully saturated rings. The summed E-state index contributed by atoms with van der Waals surface area (Å²) in [7, 11) is 1.69. The summed E-state index contributed by atoms with van der Waals surface area (Å²) in [5, 5.41) is 0. The molecule has 0 aromatic carbocycles. The van der Waals surface area contributed by atoms with Crippen molar-refractivity contribution >= 4 is 12.0 Å². The number of nitrogens with zero attached hydrogens (tertiary/aromatic N) is 1. The normalized spacial score (nSPS) is 13.9. The van der Waals surface area contributed by atoms with Gasteiger partial charge in [0.25, 0.3) is 0 Å². The van der Waals surface area contributed by atoms with Crippen molar-refractivity contribution in [1.82, 2.24) is 0 Å². The highest BCUT2D eigenvalue weighted by Gasteiger charge is 2.21. The molecule has 0 atom stereocenters. The van der Waals surface area contributed by atoms with Crippen molar-refractivity contribution in [3.8, 4) is 0 Å². The van der Waals surface area contributed by atoms with Gasteiger partial charge in [0.05, 0.1) is 0 Å². The lowest BCUT2D eigenvalue weighted by Gasteiger charge is -2.16. The van der Waals surface area contributed by atoms with E-state index in [1.165, 1.54) is 0 Å². The van der Waals surface area contributed by atoms with Crippen molar-refractivity contribution in [2.24, 2.45) is 10.4 Å². The smallest absolute Gasteiger partial charge is 0.163 e. The molecule has 0 unspecified atom stereocenters. The average Bonchev–Trinajstić information content (AvgIpc) is 1.97. The Morgan fingerprint density at radius 3 is 2.17 bits per heavy atom. The van der Waals surface area contributed by atoms with Gasteiger partial charge in [-0.25, -0.2) is 0 Å². The number of rotatable bonds is 2. The zero-order valence-electron chi connectivity index (χ0n) is 8.51.